The zero-order chi connectivity index (χ0) is 19.3. The van der Waals surface area contributed by atoms with Crippen LogP contribution in [-0.2, 0) is 0 Å². The van der Waals surface area contributed by atoms with Gasteiger partial charge in [-0.25, -0.2) is 0 Å². The Bertz CT molecular complexity index is 895. The zero-order valence-electron chi connectivity index (χ0n) is 13.9. The zero-order valence-corrected chi connectivity index (χ0v) is 14.7. The predicted octanol–water partition coefficient (Wildman–Crippen LogP) is 3.46. The van der Waals surface area contributed by atoms with Crippen LogP contribution >= 0.6 is 11.8 Å². The number of nitrogens with zero attached hydrogens (tertiary/aromatic N) is 1. The summed E-state index contributed by atoms with van der Waals surface area (Å²) >= 11 is 0.720. The van der Waals surface area contributed by atoms with Crippen molar-refractivity contribution >= 4 is 28.5 Å². The van der Waals surface area contributed by atoms with Crippen LogP contribution in [0.5, 0.6) is 5.75 Å². The van der Waals surface area contributed by atoms with E-state index >= 15 is 0 Å². The largest absolute Gasteiger partial charge is 0.507 e. The van der Waals surface area contributed by atoms with Gasteiger partial charge in [-0.3, -0.25) is 19.7 Å². The number of phenolic OH excluding ortho intramolecular Hbond substituents is 1. The van der Waals surface area contributed by atoms with Gasteiger partial charge >= 0.3 is 0 Å². The second-order valence-corrected chi connectivity index (χ2v) is 6.31. The summed E-state index contributed by atoms with van der Waals surface area (Å²) in [5.74, 6) is -0.693. The lowest BCUT2D eigenvalue weighted by molar-refractivity contribution is -0.384. The number of carbonyl (C=O) groups excluding carboxylic acids is 2. The molecular weight excluding hydrogens is 356 g/mol. The molecular formula is C18H16N2O5S. The Balaban J connectivity index is 2.39. The molecule has 2 aromatic rings. The quantitative estimate of drug-likeness (QED) is 0.348. The molecule has 8 heteroatoms. The van der Waals surface area contributed by atoms with Gasteiger partial charge in [0.05, 0.1) is 16.1 Å². The fourth-order valence-electron chi connectivity index (χ4n) is 2.14. The highest BCUT2D eigenvalue weighted by molar-refractivity contribution is 8.14. The van der Waals surface area contributed by atoms with Crippen molar-refractivity contribution < 1.29 is 19.6 Å². The van der Waals surface area contributed by atoms with Crippen molar-refractivity contribution in [2.75, 3.05) is 6.54 Å². The monoisotopic (exact) mass is 372 g/mol. The summed E-state index contributed by atoms with van der Waals surface area (Å²) in [5.41, 5.74) is 0.394. The molecule has 0 radical (unpaired) electrons. The van der Waals surface area contributed by atoms with E-state index in [0.29, 0.717) is 5.56 Å². The number of benzene rings is 2. The van der Waals surface area contributed by atoms with Crippen molar-refractivity contribution in [3.63, 3.8) is 0 Å². The molecule has 0 fully saturated rings. The molecule has 0 saturated heterocycles. The van der Waals surface area contributed by atoms with E-state index in [9.17, 15) is 24.8 Å². The number of thioether (sulfide) groups is 1. The van der Waals surface area contributed by atoms with Crippen molar-refractivity contribution in [2.45, 2.75) is 11.8 Å². The van der Waals surface area contributed by atoms with Gasteiger partial charge in [0.15, 0.2) is 0 Å². The number of hydrogen-bond donors (Lipinski definition) is 2. The van der Waals surface area contributed by atoms with Crippen LogP contribution in [0, 0.1) is 17.0 Å². The fourth-order valence-corrected chi connectivity index (χ4v) is 3.01. The van der Waals surface area contributed by atoms with Crippen molar-refractivity contribution in [2.24, 2.45) is 0 Å². The number of aryl methyl sites for hydroxylation is 1. The Kier molecular flexibility index (Phi) is 6.13. The van der Waals surface area contributed by atoms with Gasteiger partial charge in [0.25, 0.3) is 11.6 Å². The summed E-state index contributed by atoms with van der Waals surface area (Å²) in [6.07, 6.45) is 1.47. The Morgan fingerprint density at radius 2 is 2.04 bits per heavy atom. The lowest BCUT2D eigenvalue weighted by Gasteiger charge is -2.10. The molecule has 7 nitrogen and oxygen atoms in total. The minimum absolute atomic E-state index is 0.00606. The summed E-state index contributed by atoms with van der Waals surface area (Å²) in [7, 11) is 0. The van der Waals surface area contributed by atoms with Gasteiger partial charge in [-0.2, -0.15) is 0 Å². The Hall–Kier alpha value is -3.13. The van der Waals surface area contributed by atoms with E-state index in [-0.39, 0.29) is 34.0 Å². The lowest BCUT2D eigenvalue weighted by Crippen LogP contribution is -2.24. The Labute approximate surface area is 153 Å². The Morgan fingerprint density at radius 3 is 2.69 bits per heavy atom. The van der Waals surface area contributed by atoms with E-state index in [1.165, 1.54) is 24.3 Å². The first-order valence-electron chi connectivity index (χ1n) is 7.53. The number of nitro groups is 1. The SMILES string of the molecule is C=CCNC(=O)c1cc([N+](=O)[O-])ccc1SC(=O)c1cccc(C)c1O. The highest BCUT2D eigenvalue weighted by atomic mass is 32.2. The van der Waals surface area contributed by atoms with E-state index in [0.717, 1.165) is 17.8 Å². The molecule has 0 unspecified atom stereocenters. The number of nitro benzene ring substituents is 1. The Morgan fingerprint density at radius 1 is 1.31 bits per heavy atom. The average molecular weight is 372 g/mol. The molecule has 0 heterocycles. The van der Waals surface area contributed by atoms with Crippen LogP contribution in [0.15, 0.2) is 53.9 Å². The molecule has 0 saturated carbocycles. The molecule has 2 N–H and O–H groups in total. The average Bonchev–Trinajstić information content (AvgIpc) is 2.61. The van der Waals surface area contributed by atoms with Crippen LogP contribution in [-0.4, -0.2) is 27.6 Å². The van der Waals surface area contributed by atoms with Crippen LogP contribution in [0.1, 0.15) is 26.3 Å². The van der Waals surface area contributed by atoms with Gasteiger partial charge in [-0.05, 0) is 36.4 Å². The van der Waals surface area contributed by atoms with Gasteiger partial charge in [-0.1, -0.05) is 18.2 Å². The van der Waals surface area contributed by atoms with Crippen molar-refractivity contribution in [3.05, 3.63) is 75.9 Å². The minimum atomic E-state index is -0.618. The molecule has 1 amide bonds. The topological polar surface area (TPSA) is 110 Å². The molecule has 2 aromatic carbocycles. The number of nitrogens with one attached hydrogen (secondary N) is 1. The summed E-state index contributed by atoms with van der Waals surface area (Å²) < 4.78 is 0. The first-order valence-corrected chi connectivity index (χ1v) is 8.35. The number of phenols is 1. The van der Waals surface area contributed by atoms with Crippen molar-refractivity contribution in [3.8, 4) is 5.75 Å². The van der Waals surface area contributed by atoms with Crippen molar-refractivity contribution in [1.82, 2.24) is 5.32 Å². The van der Waals surface area contributed by atoms with Crippen LogP contribution in [0.2, 0.25) is 0 Å². The van der Waals surface area contributed by atoms with E-state index in [1.54, 1.807) is 19.1 Å². The minimum Gasteiger partial charge on any atom is -0.507 e. The number of aromatic hydroxyl groups is 1. The third-order valence-corrected chi connectivity index (χ3v) is 4.47. The summed E-state index contributed by atoms with van der Waals surface area (Å²) in [4.78, 5) is 35.4. The number of rotatable bonds is 6. The maximum atomic E-state index is 12.5. The van der Waals surface area contributed by atoms with Crippen LogP contribution < -0.4 is 5.32 Å². The maximum Gasteiger partial charge on any atom is 0.270 e. The first-order chi connectivity index (χ1) is 12.3. The molecule has 0 aromatic heterocycles. The third-order valence-electron chi connectivity index (χ3n) is 3.49. The van der Waals surface area contributed by atoms with Gasteiger partial charge in [0.2, 0.25) is 5.12 Å². The van der Waals surface area contributed by atoms with Gasteiger partial charge < -0.3 is 10.4 Å². The predicted molar refractivity (Wildman–Crippen MR) is 98.7 cm³/mol. The molecule has 0 spiro atoms. The number of para-hydroxylation sites is 1. The first kappa shape index (κ1) is 19.2. The van der Waals surface area contributed by atoms with E-state index in [1.807, 2.05) is 0 Å². The molecule has 0 atom stereocenters. The molecule has 0 aliphatic rings. The fraction of sp³-hybridized carbons (Fsp3) is 0.111. The number of amides is 1. The summed E-state index contributed by atoms with van der Waals surface area (Å²) in [6.45, 7) is 5.33. The smallest absolute Gasteiger partial charge is 0.270 e. The van der Waals surface area contributed by atoms with Crippen LogP contribution in [0.4, 0.5) is 5.69 Å². The number of hydrogen-bond acceptors (Lipinski definition) is 6. The number of non-ortho nitro benzene ring substituents is 1. The molecule has 0 aliphatic heterocycles. The van der Waals surface area contributed by atoms with Crippen LogP contribution in [0.25, 0.3) is 0 Å². The second kappa shape index (κ2) is 8.30. The summed E-state index contributed by atoms with van der Waals surface area (Å²) in [5, 5.41) is 23.1. The highest BCUT2D eigenvalue weighted by Crippen LogP contribution is 2.32. The molecule has 0 bridgehead atoms. The summed E-state index contributed by atoms with van der Waals surface area (Å²) in [6, 6.07) is 8.45. The maximum absolute atomic E-state index is 12.5. The van der Waals surface area contributed by atoms with Gasteiger partial charge in [-0.15, -0.1) is 6.58 Å². The van der Waals surface area contributed by atoms with Crippen LogP contribution in [0.3, 0.4) is 0 Å². The second-order valence-electron chi connectivity index (χ2n) is 5.30. The van der Waals surface area contributed by atoms with Gasteiger partial charge in [0.1, 0.15) is 5.75 Å². The van der Waals surface area contributed by atoms with E-state index in [2.05, 4.69) is 11.9 Å². The van der Waals surface area contributed by atoms with E-state index < -0.39 is 15.9 Å². The lowest BCUT2D eigenvalue weighted by atomic mass is 10.1. The molecule has 134 valence electrons. The van der Waals surface area contributed by atoms with E-state index in [4.69, 9.17) is 0 Å². The molecule has 0 aliphatic carbocycles. The number of carbonyl (C=O) groups is 2. The third kappa shape index (κ3) is 4.28. The highest BCUT2D eigenvalue weighted by Gasteiger charge is 2.21. The van der Waals surface area contributed by atoms with Crippen molar-refractivity contribution in [1.29, 1.82) is 0 Å². The standard InChI is InChI=1S/C18H16N2O5S/c1-3-9-19-17(22)14-10-12(20(24)25)7-8-15(14)26-18(23)13-6-4-5-11(2)16(13)21/h3-8,10,21H,1,9H2,2H3,(H,19,22). The normalized spacial score (nSPS) is 10.2. The van der Waals surface area contributed by atoms with Gasteiger partial charge in [0, 0.05) is 23.6 Å². The molecule has 26 heavy (non-hydrogen) atoms. The molecule has 2 rings (SSSR count).